The zero-order valence-electron chi connectivity index (χ0n) is 11.5. The quantitative estimate of drug-likeness (QED) is 0.630. The topological polar surface area (TPSA) is 110 Å². The summed E-state index contributed by atoms with van der Waals surface area (Å²) in [6.07, 6.45) is 0. The van der Waals surface area contributed by atoms with Gasteiger partial charge in [-0.2, -0.15) is 0 Å². The third-order valence-electron chi connectivity index (χ3n) is 3.02. The van der Waals surface area contributed by atoms with Crippen LogP contribution >= 0.6 is 0 Å². The second-order valence-corrected chi connectivity index (χ2v) is 5.08. The molecule has 1 amide bonds. The summed E-state index contributed by atoms with van der Waals surface area (Å²) in [4.78, 5) is 33.2. The zero-order valence-corrected chi connectivity index (χ0v) is 11.5. The minimum absolute atomic E-state index is 0.0662. The summed E-state index contributed by atoms with van der Waals surface area (Å²) in [5, 5.41) is 22.2. The van der Waals surface area contributed by atoms with E-state index < -0.39 is 22.2 Å². The van der Waals surface area contributed by atoms with E-state index in [1.165, 1.54) is 39.0 Å². The number of carboxylic acid groups (broad SMARTS) is 1. The van der Waals surface area contributed by atoms with Gasteiger partial charge < -0.3 is 10.4 Å². The molecule has 0 aliphatic carbocycles. The lowest BCUT2D eigenvalue weighted by Crippen LogP contribution is -2.39. The molecule has 0 atom stereocenters. The molecule has 7 heteroatoms. The van der Waals surface area contributed by atoms with Crippen LogP contribution in [0.2, 0.25) is 0 Å². The largest absolute Gasteiger partial charge is 0.481 e. The number of carbonyl (C=O) groups excluding carboxylic acids is 1. The van der Waals surface area contributed by atoms with E-state index in [9.17, 15) is 19.7 Å². The Labute approximate surface area is 115 Å². The Morgan fingerprint density at radius 1 is 1.40 bits per heavy atom. The number of benzene rings is 1. The lowest BCUT2D eigenvalue weighted by molar-refractivity contribution is -0.385. The van der Waals surface area contributed by atoms with Crippen molar-refractivity contribution in [3.05, 3.63) is 39.4 Å². The van der Waals surface area contributed by atoms with Crippen LogP contribution in [0.1, 0.15) is 29.8 Å². The minimum Gasteiger partial charge on any atom is -0.481 e. The molecule has 0 aromatic heterocycles. The molecular formula is C13H16N2O5. The smallest absolute Gasteiger partial charge is 0.310 e. The molecule has 0 fully saturated rings. The number of carboxylic acids is 1. The Morgan fingerprint density at radius 3 is 2.50 bits per heavy atom. The number of nitrogens with one attached hydrogen (secondary N) is 1. The fourth-order valence-electron chi connectivity index (χ4n) is 1.54. The van der Waals surface area contributed by atoms with Gasteiger partial charge >= 0.3 is 5.97 Å². The van der Waals surface area contributed by atoms with Crippen molar-refractivity contribution in [2.24, 2.45) is 5.41 Å². The maximum absolute atomic E-state index is 12.0. The third kappa shape index (κ3) is 3.31. The first-order valence-corrected chi connectivity index (χ1v) is 5.92. The summed E-state index contributed by atoms with van der Waals surface area (Å²) in [5.41, 5.74) is -0.830. The SMILES string of the molecule is Cc1c(C(=O)NCC(C)(C)C(=O)O)cccc1[N+](=O)[O-]. The van der Waals surface area contributed by atoms with Crippen LogP contribution < -0.4 is 5.32 Å². The molecule has 0 heterocycles. The van der Waals surface area contributed by atoms with Crippen LogP contribution in [-0.2, 0) is 4.79 Å². The van der Waals surface area contributed by atoms with Crippen LogP contribution in [-0.4, -0.2) is 28.5 Å². The normalized spacial score (nSPS) is 10.9. The molecule has 0 aliphatic heterocycles. The minimum atomic E-state index is -1.11. The Hall–Kier alpha value is -2.44. The molecule has 0 bridgehead atoms. The summed E-state index contributed by atoms with van der Waals surface area (Å²) >= 11 is 0. The first-order valence-electron chi connectivity index (χ1n) is 5.92. The van der Waals surface area contributed by atoms with Gasteiger partial charge in [0.1, 0.15) is 0 Å². The maximum Gasteiger partial charge on any atom is 0.310 e. The van der Waals surface area contributed by atoms with Crippen LogP contribution in [0.5, 0.6) is 0 Å². The first-order chi connectivity index (χ1) is 9.16. The van der Waals surface area contributed by atoms with E-state index >= 15 is 0 Å². The average molecular weight is 280 g/mol. The van der Waals surface area contributed by atoms with Crippen molar-refractivity contribution in [1.29, 1.82) is 0 Å². The highest BCUT2D eigenvalue weighted by molar-refractivity contribution is 5.96. The molecule has 7 nitrogen and oxygen atoms in total. The van der Waals surface area contributed by atoms with Crippen LogP contribution in [0.25, 0.3) is 0 Å². The monoisotopic (exact) mass is 280 g/mol. The summed E-state index contributed by atoms with van der Waals surface area (Å²) in [7, 11) is 0. The highest BCUT2D eigenvalue weighted by atomic mass is 16.6. The third-order valence-corrected chi connectivity index (χ3v) is 3.02. The molecule has 1 aromatic rings. The maximum atomic E-state index is 12.0. The Balaban J connectivity index is 2.92. The highest BCUT2D eigenvalue weighted by Gasteiger charge is 2.28. The number of nitro groups is 1. The molecule has 0 unspecified atom stereocenters. The van der Waals surface area contributed by atoms with Gasteiger partial charge in [0.15, 0.2) is 0 Å². The van der Waals surface area contributed by atoms with Gasteiger partial charge in [-0.3, -0.25) is 19.7 Å². The number of aliphatic carboxylic acids is 1. The average Bonchev–Trinajstić information content (AvgIpc) is 2.35. The number of nitrogens with zero attached hydrogens (tertiary/aromatic N) is 1. The summed E-state index contributed by atoms with van der Waals surface area (Å²) in [6.45, 7) is 4.38. The predicted molar refractivity (Wildman–Crippen MR) is 71.6 cm³/mol. The van der Waals surface area contributed by atoms with Crippen molar-refractivity contribution in [3.8, 4) is 0 Å². The van der Waals surface area contributed by atoms with Gasteiger partial charge in [0.05, 0.1) is 10.3 Å². The van der Waals surface area contributed by atoms with Crippen molar-refractivity contribution in [2.45, 2.75) is 20.8 Å². The number of nitro benzene ring substituents is 1. The van der Waals surface area contributed by atoms with Gasteiger partial charge in [0, 0.05) is 23.7 Å². The fourth-order valence-corrected chi connectivity index (χ4v) is 1.54. The van der Waals surface area contributed by atoms with Crippen molar-refractivity contribution < 1.29 is 19.6 Å². The molecular weight excluding hydrogens is 264 g/mol. The van der Waals surface area contributed by atoms with E-state index in [4.69, 9.17) is 5.11 Å². The molecule has 1 aromatic carbocycles. The van der Waals surface area contributed by atoms with E-state index in [0.717, 1.165) is 0 Å². The van der Waals surface area contributed by atoms with E-state index in [1.807, 2.05) is 0 Å². The second kappa shape index (κ2) is 5.68. The Kier molecular flexibility index (Phi) is 4.44. The van der Waals surface area contributed by atoms with E-state index in [1.54, 1.807) is 0 Å². The highest BCUT2D eigenvalue weighted by Crippen LogP contribution is 2.21. The van der Waals surface area contributed by atoms with E-state index in [-0.39, 0.29) is 23.4 Å². The van der Waals surface area contributed by atoms with Crippen LogP contribution in [0.4, 0.5) is 5.69 Å². The van der Waals surface area contributed by atoms with Gasteiger partial charge in [-0.05, 0) is 26.8 Å². The number of rotatable bonds is 5. The lowest BCUT2D eigenvalue weighted by atomic mass is 9.93. The molecule has 20 heavy (non-hydrogen) atoms. The summed E-state index contributed by atoms with van der Waals surface area (Å²) < 4.78 is 0. The fraction of sp³-hybridized carbons (Fsp3) is 0.385. The summed E-state index contributed by atoms with van der Waals surface area (Å²) in [5.74, 6) is -1.56. The molecule has 0 saturated carbocycles. The Bertz CT molecular complexity index is 566. The second-order valence-electron chi connectivity index (χ2n) is 5.08. The van der Waals surface area contributed by atoms with Crippen molar-refractivity contribution >= 4 is 17.6 Å². The number of hydrogen-bond donors (Lipinski definition) is 2. The number of amides is 1. The van der Waals surface area contributed by atoms with Gasteiger partial charge in [-0.25, -0.2) is 0 Å². The molecule has 0 saturated heterocycles. The molecule has 0 spiro atoms. The Morgan fingerprint density at radius 2 is 2.00 bits per heavy atom. The van der Waals surface area contributed by atoms with E-state index in [0.29, 0.717) is 0 Å². The van der Waals surface area contributed by atoms with Crippen molar-refractivity contribution in [3.63, 3.8) is 0 Å². The van der Waals surface area contributed by atoms with Crippen LogP contribution in [0, 0.1) is 22.5 Å². The van der Waals surface area contributed by atoms with Crippen molar-refractivity contribution in [1.82, 2.24) is 5.32 Å². The lowest BCUT2D eigenvalue weighted by Gasteiger charge is -2.19. The van der Waals surface area contributed by atoms with Gasteiger partial charge in [-0.15, -0.1) is 0 Å². The molecule has 2 N–H and O–H groups in total. The zero-order chi connectivity index (χ0) is 15.5. The van der Waals surface area contributed by atoms with Crippen LogP contribution in [0.15, 0.2) is 18.2 Å². The predicted octanol–water partition coefficient (Wildman–Crippen LogP) is 1.74. The standard InChI is InChI=1S/C13H16N2O5/c1-8-9(5-4-6-10(8)15(19)20)11(16)14-7-13(2,3)12(17)18/h4-6H,7H2,1-3H3,(H,14,16)(H,17,18). The molecule has 0 aliphatic rings. The molecule has 108 valence electrons. The molecule has 0 radical (unpaired) electrons. The van der Waals surface area contributed by atoms with Gasteiger partial charge in [-0.1, -0.05) is 6.07 Å². The first kappa shape index (κ1) is 15.6. The van der Waals surface area contributed by atoms with Gasteiger partial charge in [0.25, 0.3) is 11.6 Å². The van der Waals surface area contributed by atoms with E-state index in [2.05, 4.69) is 5.32 Å². The van der Waals surface area contributed by atoms with Gasteiger partial charge in [0.2, 0.25) is 0 Å². The number of hydrogen-bond acceptors (Lipinski definition) is 4. The summed E-state index contributed by atoms with van der Waals surface area (Å²) in [6, 6.07) is 4.20. The number of carbonyl (C=O) groups is 2. The molecule has 1 rings (SSSR count). The van der Waals surface area contributed by atoms with Crippen LogP contribution in [0.3, 0.4) is 0 Å². The van der Waals surface area contributed by atoms with Crippen molar-refractivity contribution in [2.75, 3.05) is 6.54 Å².